The summed E-state index contributed by atoms with van der Waals surface area (Å²) in [6, 6.07) is -0.766. The van der Waals surface area contributed by atoms with Crippen molar-refractivity contribution < 1.29 is 19.4 Å². The fourth-order valence-electron chi connectivity index (χ4n) is 3.21. The smallest absolute Gasteiger partial charge is 0.326 e. The number of hydrogen-bond donors (Lipinski definition) is 1. The van der Waals surface area contributed by atoms with Crippen LogP contribution in [0.3, 0.4) is 0 Å². The number of ether oxygens (including phenoxy) is 1. The zero-order chi connectivity index (χ0) is 12.7. The average Bonchev–Trinajstić information content (AvgIpc) is 2.95. The Kier molecular flexibility index (Phi) is 2.89. The first-order valence-electron chi connectivity index (χ1n) is 6.59. The molecular weight excluding hydrogens is 236 g/mol. The maximum Gasteiger partial charge on any atom is 0.326 e. The number of aliphatic carboxylic acids is 1. The predicted molar refractivity (Wildman–Crippen MR) is 62.2 cm³/mol. The number of carboxylic acid groups (broad SMARTS) is 1. The van der Waals surface area contributed by atoms with Crippen molar-refractivity contribution in [3.63, 3.8) is 0 Å². The predicted octanol–water partition coefficient (Wildman–Crippen LogP) is 0.519. The molecule has 3 saturated heterocycles. The summed E-state index contributed by atoms with van der Waals surface area (Å²) in [5.74, 6) is -0.892. The Morgan fingerprint density at radius 1 is 1.11 bits per heavy atom. The van der Waals surface area contributed by atoms with Crippen LogP contribution in [0.1, 0.15) is 25.7 Å². The zero-order valence-electron chi connectivity index (χ0n) is 10.2. The SMILES string of the molecule is O=C(O)C1CCCN1C(=O)N1CC2CCC(C1)O2. The number of fused-ring (bicyclic) bond motifs is 2. The van der Waals surface area contributed by atoms with Crippen LogP contribution >= 0.6 is 0 Å². The van der Waals surface area contributed by atoms with Gasteiger partial charge in [-0.05, 0) is 25.7 Å². The molecule has 0 aromatic heterocycles. The summed E-state index contributed by atoms with van der Waals surface area (Å²) in [4.78, 5) is 26.7. The van der Waals surface area contributed by atoms with Gasteiger partial charge in [-0.2, -0.15) is 0 Å². The molecule has 3 aliphatic heterocycles. The molecular formula is C12H18N2O4. The maximum absolute atomic E-state index is 12.4. The van der Waals surface area contributed by atoms with E-state index >= 15 is 0 Å². The summed E-state index contributed by atoms with van der Waals surface area (Å²) >= 11 is 0. The number of urea groups is 1. The van der Waals surface area contributed by atoms with Gasteiger partial charge in [0.05, 0.1) is 12.2 Å². The second-order valence-corrected chi connectivity index (χ2v) is 5.33. The number of amides is 2. The van der Waals surface area contributed by atoms with Gasteiger partial charge in [0.1, 0.15) is 6.04 Å². The van der Waals surface area contributed by atoms with Crippen LogP contribution in [0.2, 0.25) is 0 Å². The number of carbonyl (C=O) groups is 2. The molecule has 0 aromatic rings. The average molecular weight is 254 g/mol. The number of hydrogen-bond acceptors (Lipinski definition) is 3. The molecule has 3 heterocycles. The molecule has 6 heteroatoms. The summed E-state index contributed by atoms with van der Waals surface area (Å²) in [5, 5.41) is 9.11. The van der Waals surface area contributed by atoms with E-state index in [4.69, 9.17) is 9.84 Å². The second-order valence-electron chi connectivity index (χ2n) is 5.33. The third kappa shape index (κ3) is 1.94. The largest absolute Gasteiger partial charge is 0.480 e. The fraction of sp³-hybridized carbons (Fsp3) is 0.833. The van der Waals surface area contributed by atoms with E-state index in [0.29, 0.717) is 26.1 Å². The molecule has 100 valence electrons. The van der Waals surface area contributed by atoms with Crippen molar-refractivity contribution in [2.75, 3.05) is 19.6 Å². The number of likely N-dealkylation sites (tertiary alicyclic amines) is 2. The third-order valence-electron chi connectivity index (χ3n) is 4.10. The molecule has 3 fully saturated rings. The monoisotopic (exact) mass is 254 g/mol. The van der Waals surface area contributed by atoms with E-state index < -0.39 is 12.0 Å². The summed E-state index contributed by atoms with van der Waals surface area (Å²) < 4.78 is 5.69. The topological polar surface area (TPSA) is 70.1 Å². The van der Waals surface area contributed by atoms with E-state index in [2.05, 4.69) is 0 Å². The molecule has 2 amide bonds. The molecule has 0 radical (unpaired) electrons. The van der Waals surface area contributed by atoms with E-state index in [1.807, 2.05) is 0 Å². The van der Waals surface area contributed by atoms with Gasteiger partial charge in [0.15, 0.2) is 0 Å². The van der Waals surface area contributed by atoms with Crippen LogP contribution in [-0.2, 0) is 9.53 Å². The van der Waals surface area contributed by atoms with E-state index in [0.717, 1.165) is 19.3 Å². The van der Waals surface area contributed by atoms with Crippen molar-refractivity contribution in [1.82, 2.24) is 9.80 Å². The molecule has 0 aliphatic carbocycles. The highest BCUT2D eigenvalue weighted by Crippen LogP contribution is 2.28. The summed E-state index contributed by atoms with van der Waals surface area (Å²) in [6.45, 7) is 1.78. The van der Waals surface area contributed by atoms with Gasteiger partial charge in [-0.15, -0.1) is 0 Å². The molecule has 3 atom stereocenters. The quantitative estimate of drug-likeness (QED) is 0.740. The zero-order valence-corrected chi connectivity index (χ0v) is 10.2. The molecule has 3 aliphatic rings. The molecule has 3 unspecified atom stereocenters. The van der Waals surface area contributed by atoms with Gasteiger partial charge in [-0.25, -0.2) is 9.59 Å². The van der Waals surface area contributed by atoms with E-state index in [-0.39, 0.29) is 18.2 Å². The number of carbonyl (C=O) groups excluding carboxylic acids is 1. The first-order valence-corrected chi connectivity index (χ1v) is 6.59. The van der Waals surface area contributed by atoms with E-state index in [9.17, 15) is 9.59 Å². The summed E-state index contributed by atoms with van der Waals surface area (Å²) in [5.41, 5.74) is 0. The molecule has 2 bridgehead atoms. The lowest BCUT2D eigenvalue weighted by atomic mass is 10.2. The van der Waals surface area contributed by atoms with Gasteiger partial charge in [0.2, 0.25) is 0 Å². The summed E-state index contributed by atoms with van der Waals surface area (Å²) in [6.07, 6.45) is 3.67. The maximum atomic E-state index is 12.4. The van der Waals surface area contributed by atoms with Crippen molar-refractivity contribution >= 4 is 12.0 Å². The Morgan fingerprint density at radius 3 is 2.39 bits per heavy atom. The fourth-order valence-corrected chi connectivity index (χ4v) is 3.21. The highest BCUT2D eigenvalue weighted by Gasteiger charge is 2.41. The highest BCUT2D eigenvalue weighted by atomic mass is 16.5. The van der Waals surface area contributed by atoms with Crippen LogP contribution in [0, 0.1) is 0 Å². The highest BCUT2D eigenvalue weighted by molar-refractivity contribution is 5.83. The van der Waals surface area contributed by atoms with Crippen LogP contribution in [0.25, 0.3) is 0 Å². The van der Waals surface area contributed by atoms with Crippen molar-refractivity contribution in [3.05, 3.63) is 0 Å². The second kappa shape index (κ2) is 4.42. The van der Waals surface area contributed by atoms with Gasteiger partial charge in [0.25, 0.3) is 0 Å². The molecule has 0 aromatic carbocycles. The Hall–Kier alpha value is -1.30. The lowest BCUT2D eigenvalue weighted by molar-refractivity contribution is -0.141. The Morgan fingerprint density at radius 2 is 1.78 bits per heavy atom. The number of rotatable bonds is 1. The van der Waals surface area contributed by atoms with E-state index in [1.54, 1.807) is 4.90 Å². The van der Waals surface area contributed by atoms with Crippen LogP contribution in [0.4, 0.5) is 4.79 Å². The van der Waals surface area contributed by atoms with Crippen molar-refractivity contribution in [1.29, 1.82) is 0 Å². The first-order chi connectivity index (χ1) is 8.65. The van der Waals surface area contributed by atoms with Gasteiger partial charge < -0.3 is 19.6 Å². The van der Waals surface area contributed by atoms with Crippen LogP contribution in [0.5, 0.6) is 0 Å². The normalized spacial score (nSPS) is 35.0. The Balaban J connectivity index is 1.69. The summed E-state index contributed by atoms with van der Waals surface area (Å²) in [7, 11) is 0. The minimum Gasteiger partial charge on any atom is -0.480 e. The van der Waals surface area contributed by atoms with E-state index in [1.165, 1.54) is 4.90 Å². The first kappa shape index (κ1) is 11.8. The van der Waals surface area contributed by atoms with Gasteiger partial charge >= 0.3 is 12.0 Å². The molecule has 6 nitrogen and oxygen atoms in total. The van der Waals surface area contributed by atoms with Gasteiger partial charge in [0, 0.05) is 19.6 Å². The minimum absolute atomic E-state index is 0.125. The molecule has 1 N–H and O–H groups in total. The lowest BCUT2D eigenvalue weighted by Gasteiger charge is -2.35. The van der Waals surface area contributed by atoms with Crippen molar-refractivity contribution in [2.24, 2.45) is 0 Å². The number of carboxylic acids is 1. The van der Waals surface area contributed by atoms with Crippen LogP contribution in [-0.4, -0.2) is 64.8 Å². The standard InChI is InChI=1S/C12H18N2O4/c15-11(16)10-2-1-5-14(10)12(17)13-6-8-3-4-9(7-13)18-8/h8-10H,1-7H2,(H,15,16). The van der Waals surface area contributed by atoms with Crippen LogP contribution in [0.15, 0.2) is 0 Å². The molecule has 18 heavy (non-hydrogen) atoms. The molecule has 3 rings (SSSR count). The molecule has 0 saturated carbocycles. The van der Waals surface area contributed by atoms with Crippen LogP contribution < -0.4 is 0 Å². The van der Waals surface area contributed by atoms with Gasteiger partial charge in [-0.1, -0.05) is 0 Å². The van der Waals surface area contributed by atoms with Crippen molar-refractivity contribution in [2.45, 2.75) is 43.9 Å². The minimum atomic E-state index is -0.892. The Bertz CT molecular complexity index is 361. The molecule has 0 spiro atoms. The van der Waals surface area contributed by atoms with Crippen molar-refractivity contribution in [3.8, 4) is 0 Å². The lowest BCUT2D eigenvalue weighted by Crippen LogP contribution is -2.53. The Labute approximate surface area is 105 Å². The number of nitrogens with zero attached hydrogens (tertiary/aromatic N) is 2. The third-order valence-corrected chi connectivity index (χ3v) is 4.10. The van der Waals surface area contributed by atoms with Gasteiger partial charge in [-0.3, -0.25) is 0 Å². The number of morpholine rings is 1.